The second-order valence-electron chi connectivity index (χ2n) is 12.7. The minimum atomic E-state index is 0.0290. The zero-order valence-electron chi connectivity index (χ0n) is 23.2. The van der Waals surface area contributed by atoms with Crippen LogP contribution < -0.4 is 0 Å². The van der Waals surface area contributed by atoms with Gasteiger partial charge in [0.15, 0.2) is 0 Å². The maximum atomic E-state index is 6.29. The molecule has 4 aromatic rings. The van der Waals surface area contributed by atoms with Crippen LogP contribution in [-0.2, 0) is 9.47 Å². The molecule has 0 unspecified atom stereocenters. The molecule has 194 valence electrons. The molecule has 2 aliphatic rings. The van der Waals surface area contributed by atoms with Crippen molar-refractivity contribution < 1.29 is 9.47 Å². The normalized spacial score (nSPS) is 19.8. The van der Waals surface area contributed by atoms with Gasteiger partial charge < -0.3 is 9.47 Å². The first kappa shape index (κ1) is 24.7. The molecule has 38 heavy (non-hydrogen) atoms. The number of hydrogen-bond acceptors (Lipinski definition) is 4. The first-order chi connectivity index (χ1) is 18.1. The Morgan fingerprint density at radius 2 is 0.842 bits per heavy atom. The largest absolute Gasteiger partial charge is 0.475 e. The summed E-state index contributed by atoms with van der Waals surface area (Å²) in [5, 5.41) is 4.69. The predicted octanol–water partition coefficient (Wildman–Crippen LogP) is 8.04. The molecule has 0 aromatic heterocycles. The summed E-state index contributed by atoms with van der Waals surface area (Å²) in [7, 11) is 0. The second-order valence-corrected chi connectivity index (χ2v) is 12.7. The fraction of sp³-hybridized carbons (Fsp3) is 0.353. The molecule has 4 aromatic carbocycles. The van der Waals surface area contributed by atoms with Crippen LogP contribution in [0.2, 0.25) is 0 Å². The van der Waals surface area contributed by atoms with Gasteiger partial charge in [-0.15, -0.1) is 0 Å². The van der Waals surface area contributed by atoms with Crippen molar-refractivity contribution >= 4 is 33.3 Å². The van der Waals surface area contributed by atoms with Gasteiger partial charge in [0.2, 0.25) is 11.8 Å². The summed E-state index contributed by atoms with van der Waals surface area (Å²) in [6, 6.07) is 26.2. The molecular weight excluding hydrogens is 468 g/mol. The van der Waals surface area contributed by atoms with E-state index in [9.17, 15) is 0 Å². The van der Waals surface area contributed by atoms with Crippen LogP contribution in [-0.4, -0.2) is 37.1 Å². The van der Waals surface area contributed by atoms with Crippen LogP contribution >= 0.6 is 0 Å². The summed E-state index contributed by atoms with van der Waals surface area (Å²) >= 11 is 0. The van der Waals surface area contributed by atoms with Crippen molar-refractivity contribution in [1.82, 2.24) is 0 Å². The first-order valence-corrected chi connectivity index (χ1v) is 13.6. The van der Waals surface area contributed by atoms with Crippen molar-refractivity contribution in [3.63, 3.8) is 0 Å². The van der Waals surface area contributed by atoms with E-state index in [1.807, 2.05) is 0 Å². The van der Waals surface area contributed by atoms with Crippen molar-refractivity contribution in [1.29, 1.82) is 0 Å². The Kier molecular flexibility index (Phi) is 5.82. The van der Waals surface area contributed by atoms with Crippen molar-refractivity contribution in [2.24, 2.45) is 20.8 Å². The van der Waals surface area contributed by atoms with Crippen LogP contribution in [0.15, 0.2) is 82.8 Å². The highest BCUT2D eigenvalue weighted by atomic mass is 16.5. The Labute approximate surface area is 225 Å². The molecular formula is C34H36N2O2. The number of aliphatic imine (C=N–C) groups is 2. The minimum Gasteiger partial charge on any atom is -0.475 e. The molecule has 0 radical (unpaired) electrons. The lowest BCUT2D eigenvalue weighted by Crippen LogP contribution is -2.25. The van der Waals surface area contributed by atoms with Gasteiger partial charge in [-0.3, -0.25) is 0 Å². The van der Waals surface area contributed by atoms with Gasteiger partial charge in [0.25, 0.3) is 0 Å². The quantitative estimate of drug-likeness (QED) is 0.283. The highest BCUT2D eigenvalue weighted by Gasteiger charge is 2.34. The van der Waals surface area contributed by atoms with Crippen LogP contribution in [0.25, 0.3) is 32.7 Å². The van der Waals surface area contributed by atoms with E-state index < -0.39 is 0 Å². The Morgan fingerprint density at radius 1 is 0.526 bits per heavy atom. The maximum absolute atomic E-state index is 6.29. The second kappa shape index (κ2) is 8.97. The summed E-state index contributed by atoms with van der Waals surface area (Å²) in [6.45, 7) is 14.5. The van der Waals surface area contributed by atoms with Gasteiger partial charge in [0.05, 0.1) is 12.1 Å². The summed E-state index contributed by atoms with van der Waals surface area (Å²) in [5.41, 5.74) is 4.25. The van der Waals surface area contributed by atoms with Crippen LogP contribution in [0.5, 0.6) is 0 Å². The molecule has 4 nitrogen and oxygen atoms in total. The van der Waals surface area contributed by atoms with Crippen molar-refractivity contribution in [3.8, 4) is 11.1 Å². The van der Waals surface area contributed by atoms with Crippen LogP contribution in [0.3, 0.4) is 0 Å². The Morgan fingerprint density at radius 3 is 1.13 bits per heavy atom. The molecule has 6 rings (SSSR count). The van der Waals surface area contributed by atoms with Gasteiger partial charge in [-0.2, -0.15) is 0 Å². The fourth-order valence-corrected chi connectivity index (χ4v) is 5.21. The van der Waals surface area contributed by atoms with E-state index in [-0.39, 0.29) is 22.9 Å². The van der Waals surface area contributed by atoms with Crippen LogP contribution in [0.1, 0.15) is 52.7 Å². The highest BCUT2D eigenvalue weighted by molar-refractivity contribution is 6.12. The van der Waals surface area contributed by atoms with E-state index in [2.05, 4.69) is 114 Å². The molecule has 4 heteroatoms. The van der Waals surface area contributed by atoms with Crippen LogP contribution in [0, 0.1) is 10.8 Å². The number of hydrogen-bond donors (Lipinski definition) is 0. The number of ether oxygens (including phenoxy) is 2. The van der Waals surface area contributed by atoms with Gasteiger partial charge in [0, 0.05) is 11.1 Å². The standard InChI is InChI=1S/C34H36N2O2/c1-33(2,3)29-19-37-31(35-29)27-17-23-13-9-7-11-21(23)15-25(27)26-16-22-12-8-10-14-24(22)18-28(26)32-36-30(20-38-32)34(4,5)6/h7-18,29-30H,19-20H2,1-6H3/t29-,30-/m1/s1. The van der Waals surface area contributed by atoms with E-state index in [1.165, 1.54) is 21.5 Å². The third kappa shape index (κ3) is 4.47. The van der Waals surface area contributed by atoms with Gasteiger partial charge in [-0.25, -0.2) is 9.98 Å². The minimum absolute atomic E-state index is 0.0290. The summed E-state index contributed by atoms with van der Waals surface area (Å²) in [4.78, 5) is 10.2. The average Bonchev–Trinajstić information content (AvgIpc) is 3.58. The summed E-state index contributed by atoms with van der Waals surface area (Å²) in [6.07, 6.45) is 0. The maximum Gasteiger partial charge on any atom is 0.217 e. The van der Waals surface area contributed by atoms with E-state index >= 15 is 0 Å². The number of benzene rings is 4. The SMILES string of the molecule is CC(C)(C)[C@H]1COC(c2cc3ccccc3cc2-c2cc3ccccc3cc2C2=N[C@@H](C(C)(C)C)CO2)=N1. The molecule has 0 bridgehead atoms. The average molecular weight is 505 g/mol. The van der Waals surface area contributed by atoms with Crippen LogP contribution in [0.4, 0.5) is 0 Å². The van der Waals surface area contributed by atoms with E-state index in [0.29, 0.717) is 25.0 Å². The Bertz CT molecular complexity index is 1480. The topological polar surface area (TPSA) is 43.2 Å². The molecule has 0 aliphatic carbocycles. The molecule has 2 atom stereocenters. The fourth-order valence-electron chi connectivity index (χ4n) is 5.21. The number of nitrogens with zero attached hydrogens (tertiary/aromatic N) is 2. The third-order valence-electron chi connectivity index (χ3n) is 7.82. The van der Waals surface area contributed by atoms with E-state index in [1.54, 1.807) is 0 Å². The van der Waals surface area contributed by atoms with Gasteiger partial charge >= 0.3 is 0 Å². The number of fused-ring (bicyclic) bond motifs is 2. The lowest BCUT2D eigenvalue weighted by atomic mass is 9.88. The lowest BCUT2D eigenvalue weighted by Gasteiger charge is -2.21. The Balaban J connectivity index is 1.61. The van der Waals surface area contributed by atoms with Crippen molar-refractivity contribution in [3.05, 3.63) is 83.9 Å². The number of rotatable bonds is 3. The predicted molar refractivity (Wildman–Crippen MR) is 158 cm³/mol. The smallest absolute Gasteiger partial charge is 0.217 e. The molecule has 0 saturated heterocycles. The zero-order chi connectivity index (χ0) is 26.7. The first-order valence-electron chi connectivity index (χ1n) is 13.6. The third-order valence-corrected chi connectivity index (χ3v) is 7.82. The molecule has 2 aliphatic heterocycles. The molecule has 0 N–H and O–H groups in total. The summed E-state index contributed by atoms with van der Waals surface area (Å²) < 4.78 is 12.6. The molecule has 0 amide bonds. The van der Waals surface area contributed by atoms with E-state index in [0.717, 1.165) is 22.3 Å². The zero-order valence-corrected chi connectivity index (χ0v) is 23.2. The summed E-state index contributed by atoms with van der Waals surface area (Å²) in [5.74, 6) is 1.43. The van der Waals surface area contributed by atoms with Gasteiger partial charge in [-0.1, -0.05) is 90.1 Å². The molecule has 0 fully saturated rings. The monoisotopic (exact) mass is 504 g/mol. The molecule has 0 spiro atoms. The molecule has 0 saturated carbocycles. The van der Waals surface area contributed by atoms with Crippen molar-refractivity contribution in [2.45, 2.75) is 53.6 Å². The van der Waals surface area contributed by atoms with Gasteiger partial charge in [-0.05, 0) is 67.8 Å². The van der Waals surface area contributed by atoms with E-state index in [4.69, 9.17) is 19.5 Å². The van der Waals surface area contributed by atoms with Crippen molar-refractivity contribution in [2.75, 3.05) is 13.2 Å². The highest BCUT2D eigenvalue weighted by Crippen LogP contribution is 2.38. The lowest BCUT2D eigenvalue weighted by molar-refractivity contribution is 0.235. The van der Waals surface area contributed by atoms with Gasteiger partial charge in [0.1, 0.15) is 13.2 Å². The molecule has 2 heterocycles. The Hall–Kier alpha value is -3.66.